The highest BCUT2D eigenvalue weighted by atomic mass is 32.2. The number of nitrogens with zero attached hydrogens (tertiary/aromatic N) is 1. The quantitative estimate of drug-likeness (QED) is 0.458. The van der Waals surface area contributed by atoms with Crippen LogP contribution in [0.3, 0.4) is 0 Å². The second-order valence-corrected chi connectivity index (χ2v) is 2.40. The Morgan fingerprint density at radius 1 is 1.88 bits per heavy atom. The number of carbonyl (C=O) groups excluding carboxylic acids is 1. The molecule has 0 aromatic heterocycles. The standard InChI is InChI=1S/C4H4N2OS/c5-4-6-1-3(2-7)8-4/h1H2,(H2,5,6). The van der Waals surface area contributed by atoms with Crippen LogP contribution in [0.15, 0.2) is 9.90 Å². The number of aliphatic imine (C=N–C) groups is 1. The molecular formula is C4H4N2OS. The molecule has 0 atom stereocenters. The van der Waals surface area contributed by atoms with Gasteiger partial charge in [0.15, 0.2) is 5.17 Å². The molecule has 0 bridgehead atoms. The number of hydrogen-bond acceptors (Lipinski definition) is 4. The van der Waals surface area contributed by atoms with Gasteiger partial charge in [0, 0.05) is 0 Å². The van der Waals surface area contributed by atoms with Crippen LogP contribution in [0.25, 0.3) is 0 Å². The highest BCUT2D eigenvalue weighted by Crippen LogP contribution is 2.18. The number of thioether (sulfide) groups is 1. The van der Waals surface area contributed by atoms with Crippen molar-refractivity contribution in [2.45, 2.75) is 0 Å². The maximum absolute atomic E-state index is 9.84. The Labute approximate surface area is 50.7 Å². The molecule has 0 unspecified atom stereocenters. The second-order valence-electron chi connectivity index (χ2n) is 1.28. The normalized spacial score (nSPS) is 18.0. The minimum absolute atomic E-state index is 0.417. The lowest BCUT2D eigenvalue weighted by Gasteiger charge is -1.80. The van der Waals surface area contributed by atoms with Gasteiger partial charge >= 0.3 is 0 Å². The summed E-state index contributed by atoms with van der Waals surface area (Å²) in [7, 11) is 0. The Kier molecular flexibility index (Phi) is 1.37. The maximum atomic E-state index is 9.84. The van der Waals surface area contributed by atoms with Gasteiger partial charge in [-0.2, -0.15) is 0 Å². The highest BCUT2D eigenvalue weighted by Gasteiger charge is 2.08. The zero-order valence-electron chi connectivity index (χ0n) is 4.05. The lowest BCUT2D eigenvalue weighted by Crippen LogP contribution is -2.00. The van der Waals surface area contributed by atoms with E-state index in [0.717, 1.165) is 0 Å². The van der Waals surface area contributed by atoms with Gasteiger partial charge in [-0.15, -0.1) is 0 Å². The Morgan fingerprint density at radius 3 is 2.88 bits per heavy atom. The molecule has 0 saturated heterocycles. The summed E-state index contributed by atoms with van der Waals surface area (Å²) in [6.07, 6.45) is 0. The highest BCUT2D eigenvalue weighted by molar-refractivity contribution is 8.17. The van der Waals surface area contributed by atoms with Crippen LogP contribution >= 0.6 is 11.8 Å². The molecule has 0 spiro atoms. The van der Waals surface area contributed by atoms with E-state index in [9.17, 15) is 4.79 Å². The van der Waals surface area contributed by atoms with Crippen LogP contribution < -0.4 is 5.73 Å². The fraction of sp³-hybridized carbons (Fsp3) is 0.250. The first kappa shape index (κ1) is 5.41. The molecule has 0 aromatic rings. The van der Waals surface area contributed by atoms with Crippen LogP contribution in [0.5, 0.6) is 0 Å². The van der Waals surface area contributed by atoms with Crippen LogP contribution in [-0.4, -0.2) is 17.7 Å². The zero-order valence-corrected chi connectivity index (χ0v) is 4.86. The third kappa shape index (κ3) is 0.911. The average molecular weight is 128 g/mol. The summed E-state index contributed by atoms with van der Waals surface area (Å²) in [4.78, 5) is 14.2. The van der Waals surface area contributed by atoms with Crippen molar-refractivity contribution in [3.05, 3.63) is 4.91 Å². The molecule has 0 fully saturated rings. The minimum atomic E-state index is 0.417. The van der Waals surface area contributed by atoms with Gasteiger partial charge in [-0.25, -0.2) is 4.79 Å². The average Bonchev–Trinajstić information content (AvgIpc) is 2.14. The number of amidine groups is 1. The van der Waals surface area contributed by atoms with Crippen LogP contribution in [0.2, 0.25) is 0 Å². The van der Waals surface area contributed by atoms with Crippen molar-refractivity contribution in [1.82, 2.24) is 0 Å². The molecule has 0 radical (unpaired) electrons. The third-order valence-corrected chi connectivity index (χ3v) is 1.52. The van der Waals surface area contributed by atoms with Crippen molar-refractivity contribution in [3.8, 4) is 0 Å². The van der Waals surface area contributed by atoms with E-state index in [-0.39, 0.29) is 0 Å². The van der Waals surface area contributed by atoms with Crippen molar-refractivity contribution in [2.24, 2.45) is 10.7 Å². The topological polar surface area (TPSA) is 55.4 Å². The molecule has 8 heavy (non-hydrogen) atoms. The fourth-order valence-electron chi connectivity index (χ4n) is 0.394. The van der Waals surface area contributed by atoms with Gasteiger partial charge in [0.05, 0.1) is 11.4 Å². The van der Waals surface area contributed by atoms with Crippen LogP contribution in [0, 0.1) is 0 Å². The predicted octanol–water partition coefficient (Wildman–Crippen LogP) is -0.237. The molecule has 1 rings (SSSR count). The number of rotatable bonds is 0. The van der Waals surface area contributed by atoms with E-state index in [1.54, 1.807) is 5.94 Å². The fourth-order valence-corrected chi connectivity index (χ4v) is 0.946. The van der Waals surface area contributed by atoms with Crippen LogP contribution in [0.4, 0.5) is 0 Å². The third-order valence-electron chi connectivity index (χ3n) is 0.720. The van der Waals surface area contributed by atoms with Gasteiger partial charge in [-0.1, -0.05) is 0 Å². The van der Waals surface area contributed by atoms with E-state index in [1.807, 2.05) is 0 Å². The lowest BCUT2D eigenvalue weighted by atomic mass is 10.6. The van der Waals surface area contributed by atoms with Crippen molar-refractivity contribution in [1.29, 1.82) is 0 Å². The molecule has 0 amide bonds. The van der Waals surface area contributed by atoms with Gasteiger partial charge in [-0.05, 0) is 11.8 Å². The summed E-state index contributed by atoms with van der Waals surface area (Å²) < 4.78 is 0. The van der Waals surface area contributed by atoms with E-state index in [1.165, 1.54) is 11.8 Å². The van der Waals surface area contributed by atoms with E-state index in [2.05, 4.69) is 4.99 Å². The SMILES string of the molecule is NC1=NCC(=C=O)S1. The number of hydrogen-bond donors (Lipinski definition) is 1. The molecule has 1 aliphatic rings. The molecule has 2 N–H and O–H groups in total. The van der Waals surface area contributed by atoms with Crippen LogP contribution in [-0.2, 0) is 4.79 Å². The zero-order chi connectivity index (χ0) is 5.98. The molecule has 0 aromatic carbocycles. The predicted molar refractivity (Wildman–Crippen MR) is 33.3 cm³/mol. The Morgan fingerprint density at radius 2 is 2.62 bits per heavy atom. The van der Waals surface area contributed by atoms with Gasteiger partial charge < -0.3 is 5.73 Å². The van der Waals surface area contributed by atoms with Crippen molar-refractivity contribution >= 4 is 22.9 Å². The summed E-state index contributed by atoms with van der Waals surface area (Å²) in [6.45, 7) is 0.417. The summed E-state index contributed by atoms with van der Waals surface area (Å²) >= 11 is 1.19. The molecule has 4 heteroatoms. The van der Waals surface area contributed by atoms with Gasteiger partial charge in [0.2, 0.25) is 0 Å². The summed E-state index contributed by atoms with van der Waals surface area (Å²) in [5.74, 6) is 1.73. The van der Waals surface area contributed by atoms with Crippen molar-refractivity contribution in [2.75, 3.05) is 6.54 Å². The molecule has 42 valence electrons. The van der Waals surface area contributed by atoms with Gasteiger partial charge in [-0.3, -0.25) is 4.99 Å². The smallest absolute Gasteiger partial charge is 0.159 e. The first-order valence-electron chi connectivity index (χ1n) is 2.04. The van der Waals surface area contributed by atoms with Crippen molar-refractivity contribution < 1.29 is 4.79 Å². The molecular weight excluding hydrogens is 124 g/mol. The first-order chi connectivity index (χ1) is 3.83. The maximum Gasteiger partial charge on any atom is 0.159 e. The summed E-state index contributed by atoms with van der Waals surface area (Å²) in [5.41, 5.74) is 5.21. The molecule has 1 heterocycles. The summed E-state index contributed by atoms with van der Waals surface area (Å²) in [6, 6.07) is 0. The lowest BCUT2D eigenvalue weighted by molar-refractivity contribution is 0.568. The number of nitrogens with two attached hydrogens (primary N) is 1. The molecule has 3 nitrogen and oxygen atoms in total. The van der Waals surface area contributed by atoms with E-state index in [4.69, 9.17) is 5.73 Å². The van der Waals surface area contributed by atoms with Gasteiger partial charge in [0.1, 0.15) is 5.94 Å². The molecule has 1 aliphatic heterocycles. The van der Waals surface area contributed by atoms with E-state index >= 15 is 0 Å². The second kappa shape index (κ2) is 2.03. The first-order valence-corrected chi connectivity index (χ1v) is 2.86. The minimum Gasteiger partial charge on any atom is -0.378 e. The van der Waals surface area contributed by atoms with E-state index < -0.39 is 0 Å². The Balaban J connectivity index is 2.69. The Bertz CT molecular complexity index is 180. The summed E-state index contributed by atoms with van der Waals surface area (Å²) in [5, 5.41) is 0.461. The Hall–Kier alpha value is -0.730. The molecule has 0 saturated carbocycles. The van der Waals surface area contributed by atoms with Crippen molar-refractivity contribution in [3.63, 3.8) is 0 Å². The van der Waals surface area contributed by atoms with E-state index in [0.29, 0.717) is 16.6 Å². The monoisotopic (exact) mass is 128 g/mol. The molecule has 0 aliphatic carbocycles. The van der Waals surface area contributed by atoms with Gasteiger partial charge in [0.25, 0.3) is 0 Å². The largest absolute Gasteiger partial charge is 0.378 e. The van der Waals surface area contributed by atoms with Crippen LogP contribution in [0.1, 0.15) is 0 Å².